The fourth-order valence-electron chi connectivity index (χ4n) is 2.67. The molecule has 0 radical (unpaired) electrons. The van der Waals surface area contributed by atoms with E-state index in [9.17, 15) is 5.11 Å². The van der Waals surface area contributed by atoms with Crippen LogP contribution in [0.4, 0.5) is 0 Å². The number of fused-ring (bicyclic) bond motifs is 1. The van der Waals surface area contributed by atoms with Gasteiger partial charge in [-0.2, -0.15) is 0 Å². The van der Waals surface area contributed by atoms with Gasteiger partial charge in [-0.25, -0.2) is 9.97 Å². The van der Waals surface area contributed by atoms with E-state index in [4.69, 9.17) is 11.6 Å². The number of hydrogen-bond acceptors (Lipinski definition) is 3. The Balaban J connectivity index is 2.10. The minimum absolute atomic E-state index is 0.310. The number of rotatable bonds is 1. The van der Waals surface area contributed by atoms with Crippen LogP contribution in [0, 0.1) is 6.92 Å². The summed E-state index contributed by atoms with van der Waals surface area (Å²) in [5.41, 5.74) is 1.22. The van der Waals surface area contributed by atoms with Crippen LogP contribution in [0.25, 0.3) is 5.52 Å². The molecule has 4 nitrogen and oxygen atoms in total. The van der Waals surface area contributed by atoms with Crippen molar-refractivity contribution >= 4 is 17.1 Å². The third kappa shape index (κ3) is 1.63. The molecule has 0 spiro atoms. The maximum absolute atomic E-state index is 9.80. The second-order valence-corrected chi connectivity index (χ2v) is 5.45. The van der Waals surface area contributed by atoms with E-state index in [0.29, 0.717) is 11.1 Å². The largest absolute Gasteiger partial charge is 0.390 e. The molecule has 1 aliphatic rings. The van der Waals surface area contributed by atoms with Crippen LogP contribution in [0.1, 0.15) is 37.2 Å². The molecule has 5 heteroatoms. The van der Waals surface area contributed by atoms with Gasteiger partial charge in [-0.3, -0.25) is 4.40 Å². The lowest BCUT2D eigenvalue weighted by Gasteiger charge is -2.40. The normalized spacial score (nSPS) is 28.4. The number of aromatic nitrogens is 3. The molecule has 2 aromatic heterocycles. The summed E-state index contributed by atoms with van der Waals surface area (Å²) >= 11 is 6.08. The van der Waals surface area contributed by atoms with E-state index in [1.807, 2.05) is 24.4 Å². The molecule has 1 saturated carbocycles. The molecule has 3 rings (SSSR count). The number of aryl methyl sites for hydroxylation is 1. The Bertz CT molecular complexity index is 583. The van der Waals surface area contributed by atoms with Crippen LogP contribution in [0.5, 0.6) is 0 Å². The quantitative estimate of drug-likeness (QED) is 0.846. The third-order valence-electron chi connectivity index (χ3n) is 3.45. The Hall–Kier alpha value is -1.13. The smallest absolute Gasteiger partial charge is 0.154 e. The molecule has 0 atom stereocenters. The molecule has 1 aliphatic carbocycles. The summed E-state index contributed by atoms with van der Waals surface area (Å²) in [5, 5.41) is 10.3. The third-order valence-corrected chi connectivity index (χ3v) is 3.73. The lowest BCUT2D eigenvalue weighted by Crippen LogP contribution is -2.40. The van der Waals surface area contributed by atoms with Crippen molar-refractivity contribution in [1.29, 1.82) is 0 Å². The van der Waals surface area contributed by atoms with Gasteiger partial charge in [0.1, 0.15) is 11.3 Å². The number of hydrogen-bond donors (Lipinski definition) is 1. The van der Waals surface area contributed by atoms with Crippen LogP contribution < -0.4 is 0 Å². The van der Waals surface area contributed by atoms with Gasteiger partial charge < -0.3 is 5.11 Å². The standard InChI is InChI=1S/C12H14ClN3O/c1-7-9-10(13)14-3-4-16(9)11(15-7)8-5-12(2,17)6-8/h3-4,8,17H,5-6H2,1-2H3. The highest BCUT2D eigenvalue weighted by molar-refractivity contribution is 6.32. The number of aliphatic hydroxyl groups is 1. The molecule has 17 heavy (non-hydrogen) atoms. The van der Waals surface area contributed by atoms with Crippen molar-refractivity contribution in [2.24, 2.45) is 0 Å². The van der Waals surface area contributed by atoms with Crippen molar-refractivity contribution in [2.75, 3.05) is 0 Å². The van der Waals surface area contributed by atoms with E-state index in [1.165, 1.54) is 0 Å². The second-order valence-electron chi connectivity index (χ2n) is 5.09. The fraction of sp³-hybridized carbons (Fsp3) is 0.500. The van der Waals surface area contributed by atoms with E-state index in [0.717, 1.165) is 29.9 Å². The van der Waals surface area contributed by atoms with Crippen molar-refractivity contribution in [3.05, 3.63) is 29.1 Å². The molecular weight excluding hydrogens is 238 g/mol. The molecule has 1 fully saturated rings. The van der Waals surface area contributed by atoms with Crippen LogP contribution in [0.2, 0.25) is 5.15 Å². The summed E-state index contributed by atoms with van der Waals surface area (Å²) in [6.45, 7) is 3.80. The van der Waals surface area contributed by atoms with Crippen molar-refractivity contribution in [3.63, 3.8) is 0 Å². The molecule has 0 saturated heterocycles. The maximum atomic E-state index is 9.80. The first-order valence-electron chi connectivity index (χ1n) is 5.69. The molecular formula is C12H14ClN3O. The highest BCUT2D eigenvalue weighted by Gasteiger charge is 2.41. The Kier molecular flexibility index (Phi) is 2.22. The van der Waals surface area contributed by atoms with Crippen LogP contribution in [0.3, 0.4) is 0 Å². The molecule has 0 unspecified atom stereocenters. The Morgan fingerprint density at radius 3 is 2.88 bits per heavy atom. The highest BCUT2D eigenvalue weighted by Crippen LogP contribution is 2.44. The SMILES string of the molecule is Cc1nc(C2CC(C)(O)C2)n2ccnc(Cl)c12. The molecule has 0 aromatic carbocycles. The molecule has 0 aliphatic heterocycles. The van der Waals surface area contributed by atoms with Gasteiger partial charge in [0.05, 0.1) is 11.3 Å². The summed E-state index contributed by atoms with van der Waals surface area (Å²) in [6.07, 6.45) is 5.07. The summed E-state index contributed by atoms with van der Waals surface area (Å²) in [5.74, 6) is 1.29. The zero-order valence-electron chi connectivity index (χ0n) is 9.81. The topological polar surface area (TPSA) is 50.4 Å². The number of nitrogens with zero attached hydrogens (tertiary/aromatic N) is 3. The average Bonchev–Trinajstić information content (AvgIpc) is 2.54. The molecule has 0 bridgehead atoms. The first-order chi connectivity index (χ1) is 7.98. The first kappa shape index (κ1) is 11.0. The Morgan fingerprint density at radius 2 is 2.24 bits per heavy atom. The molecule has 1 N–H and O–H groups in total. The highest BCUT2D eigenvalue weighted by atomic mass is 35.5. The van der Waals surface area contributed by atoms with E-state index >= 15 is 0 Å². The van der Waals surface area contributed by atoms with Gasteiger partial charge in [0.2, 0.25) is 0 Å². The van der Waals surface area contributed by atoms with Gasteiger partial charge in [0, 0.05) is 18.3 Å². The summed E-state index contributed by atoms with van der Waals surface area (Å²) in [7, 11) is 0. The lowest BCUT2D eigenvalue weighted by molar-refractivity contribution is -0.0335. The minimum atomic E-state index is -0.540. The average molecular weight is 252 g/mol. The van der Waals surface area contributed by atoms with E-state index in [-0.39, 0.29) is 0 Å². The fourth-order valence-corrected chi connectivity index (χ4v) is 2.95. The van der Waals surface area contributed by atoms with Crippen molar-refractivity contribution in [2.45, 2.75) is 38.2 Å². The maximum Gasteiger partial charge on any atom is 0.154 e. The van der Waals surface area contributed by atoms with Crippen molar-refractivity contribution in [3.8, 4) is 0 Å². The predicted molar refractivity (Wildman–Crippen MR) is 65.3 cm³/mol. The zero-order valence-corrected chi connectivity index (χ0v) is 10.6. The molecule has 2 aromatic rings. The molecule has 0 amide bonds. The Morgan fingerprint density at radius 1 is 1.53 bits per heavy atom. The van der Waals surface area contributed by atoms with Gasteiger partial charge in [0.15, 0.2) is 5.15 Å². The number of imidazole rings is 1. The van der Waals surface area contributed by atoms with Crippen LogP contribution in [0.15, 0.2) is 12.4 Å². The molecule has 90 valence electrons. The Labute approximate surface area is 104 Å². The zero-order chi connectivity index (χ0) is 12.2. The second kappa shape index (κ2) is 3.43. The summed E-state index contributed by atoms with van der Waals surface area (Å²) in [6, 6.07) is 0. The van der Waals surface area contributed by atoms with Crippen molar-refractivity contribution < 1.29 is 5.11 Å². The summed E-state index contributed by atoms with van der Waals surface area (Å²) in [4.78, 5) is 8.63. The van der Waals surface area contributed by atoms with Gasteiger partial charge in [0.25, 0.3) is 0 Å². The van der Waals surface area contributed by atoms with Gasteiger partial charge in [-0.05, 0) is 26.7 Å². The number of halogens is 1. The first-order valence-corrected chi connectivity index (χ1v) is 6.07. The van der Waals surface area contributed by atoms with Crippen LogP contribution >= 0.6 is 11.6 Å². The van der Waals surface area contributed by atoms with Gasteiger partial charge >= 0.3 is 0 Å². The van der Waals surface area contributed by atoms with E-state index in [2.05, 4.69) is 9.97 Å². The van der Waals surface area contributed by atoms with Gasteiger partial charge in [-0.1, -0.05) is 11.6 Å². The van der Waals surface area contributed by atoms with Crippen molar-refractivity contribution in [1.82, 2.24) is 14.4 Å². The minimum Gasteiger partial charge on any atom is -0.390 e. The lowest BCUT2D eigenvalue weighted by atomic mass is 9.72. The predicted octanol–water partition coefficient (Wildman–Crippen LogP) is 2.32. The molecule has 2 heterocycles. The van der Waals surface area contributed by atoms with E-state index < -0.39 is 5.60 Å². The van der Waals surface area contributed by atoms with Crippen LogP contribution in [-0.2, 0) is 0 Å². The van der Waals surface area contributed by atoms with E-state index in [1.54, 1.807) is 6.20 Å². The van der Waals surface area contributed by atoms with Crippen LogP contribution in [-0.4, -0.2) is 25.1 Å². The summed E-state index contributed by atoms with van der Waals surface area (Å²) < 4.78 is 1.99. The monoisotopic (exact) mass is 251 g/mol. The van der Waals surface area contributed by atoms with Gasteiger partial charge in [-0.15, -0.1) is 0 Å².